The second-order valence-electron chi connectivity index (χ2n) is 8.49. The lowest BCUT2D eigenvalue weighted by Gasteiger charge is -2.28. The summed E-state index contributed by atoms with van der Waals surface area (Å²) in [4.78, 5) is 17.7. The van der Waals surface area contributed by atoms with E-state index in [1.165, 1.54) is 11.1 Å². The molecule has 0 unspecified atom stereocenters. The Hall–Kier alpha value is -1.79. The molecule has 0 aliphatic carbocycles. The second kappa shape index (κ2) is 10.7. The van der Waals surface area contributed by atoms with Crippen LogP contribution >= 0.6 is 24.8 Å². The Morgan fingerprint density at radius 1 is 1.06 bits per heavy atom. The first-order chi connectivity index (χ1) is 14.0. The maximum atomic E-state index is 13.2. The van der Waals surface area contributed by atoms with Crippen LogP contribution in [0.3, 0.4) is 0 Å². The minimum Gasteiger partial charge on any atom is -0.492 e. The SMILES string of the molecule is Cc1ccc(C(=O)N2C[C@@H]3CN(C)[C@H](c4ccccc4C)[C@@H]3C2)cc1OCCN.Cl.Cl. The summed E-state index contributed by atoms with van der Waals surface area (Å²) in [7, 11) is 2.21. The molecule has 2 saturated heterocycles. The van der Waals surface area contributed by atoms with E-state index in [1.807, 2.05) is 30.0 Å². The number of benzene rings is 2. The van der Waals surface area contributed by atoms with E-state index in [1.54, 1.807) is 0 Å². The number of halogens is 2. The van der Waals surface area contributed by atoms with Crippen LogP contribution in [0.1, 0.15) is 33.1 Å². The van der Waals surface area contributed by atoms with Gasteiger partial charge in [0.2, 0.25) is 0 Å². The van der Waals surface area contributed by atoms with Gasteiger partial charge in [0.1, 0.15) is 12.4 Å². The van der Waals surface area contributed by atoms with Gasteiger partial charge in [-0.2, -0.15) is 0 Å². The zero-order chi connectivity index (χ0) is 20.5. The summed E-state index contributed by atoms with van der Waals surface area (Å²) < 4.78 is 5.71. The Bertz CT molecular complexity index is 908. The van der Waals surface area contributed by atoms with Crippen molar-refractivity contribution in [2.75, 3.05) is 39.8 Å². The van der Waals surface area contributed by atoms with Gasteiger partial charge in [-0.05, 0) is 55.6 Å². The number of amides is 1. The molecule has 2 aromatic carbocycles. The quantitative estimate of drug-likeness (QED) is 0.727. The van der Waals surface area contributed by atoms with E-state index in [0.29, 0.717) is 36.6 Å². The molecule has 0 radical (unpaired) electrons. The number of nitrogens with two attached hydrogens (primary N) is 1. The number of aryl methyl sites for hydroxylation is 2. The van der Waals surface area contributed by atoms with Gasteiger partial charge in [-0.15, -0.1) is 24.8 Å². The van der Waals surface area contributed by atoms with Crippen LogP contribution in [-0.2, 0) is 0 Å². The van der Waals surface area contributed by atoms with Crippen LogP contribution in [0.15, 0.2) is 42.5 Å². The molecule has 170 valence electrons. The van der Waals surface area contributed by atoms with Crippen LogP contribution in [0, 0.1) is 25.7 Å². The van der Waals surface area contributed by atoms with Gasteiger partial charge in [-0.25, -0.2) is 0 Å². The lowest BCUT2D eigenvalue weighted by Crippen LogP contribution is -2.33. The molecule has 2 N–H and O–H groups in total. The highest BCUT2D eigenvalue weighted by molar-refractivity contribution is 5.95. The van der Waals surface area contributed by atoms with Gasteiger partial charge < -0.3 is 15.4 Å². The molecule has 0 aromatic heterocycles. The third kappa shape index (κ3) is 5.01. The fourth-order valence-corrected chi connectivity index (χ4v) is 5.05. The fourth-order valence-electron chi connectivity index (χ4n) is 5.05. The van der Waals surface area contributed by atoms with Crippen molar-refractivity contribution >= 4 is 30.7 Å². The number of ether oxygens (including phenoxy) is 1. The van der Waals surface area contributed by atoms with Gasteiger partial charge in [0.25, 0.3) is 5.91 Å². The van der Waals surface area contributed by atoms with Crippen molar-refractivity contribution in [3.8, 4) is 5.75 Å². The van der Waals surface area contributed by atoms with Crippen LogP contribution in [0.5, 0.6) is 5.75 Å². The minimum absolute atomic E-state index is 0. The first-order valence-corrected chi connectivity index (χ1v) is 10.5. The summed E-state index contributed by atoms with van der Waals surface area (Å²) in [6.45, 7) is 7.75. The van der Waals surface area contributed by atoms with Crippen molar-refractivity contribution in [1.29, 1.82) is 0 Å². The third-order valence-corrected chi connectivity index (χ3v) is 6.50. The molecule has 5 nitrogen and oxygen atoms in total. The smallest absolute Gasteiger partial charge is 0.254 e. The standard InChI is InChI=1S/C24H31N3O2.2ClH/c1-16-6-4-5-7-20(16)23-21-15-27(14-19(21)13-26(23)3)24(28)18-9-8-17(2)22(12-18)29-11-10-25;;/h4-9,12,19,21,23H,10-11,13-15,25H2,1-3H3;2*1H/t19-,21+,23+;;/m0../s1. The van der Waals surface area contributed by atoms with E-state index >= 15 is 0 Å². The molecule has 2 heterocycles. The van der Waals surface area contributed by atoms with Crippen molar-refractivity contribution in [1.82, 2.24) is 9.80 Å². The molecule has 2 fully saturated rings. The third-order valence-electron chi connectivity index (χ3n) is 6.50. The molecule has 1 amide bonds. The van der Waals surface area contributed by atoms with Gasteiger partial charge in [0.15, 0.2) is 0 Å². The maximum absolute atomic E-state index is 13.2. The highest BCUT2D eigenvalue weighted by atomic mass is 35.5. The molecule has 2 aliphatic heterocycles. The molecule has 0 saturated carbocycles. The summed E-state index contributed by atoms with van der Waals surface area (Å²) in [5.74, 6) is 1.84. The summed E-state index contributed by atoms with van der Waals surface area (Å²) in [5, 5.41) is 0. The second-order valence-corrected chi connectivity index (χ2v) is 8.49. The highest BCUT2D eigenvalue weighted by Gasteiger charge is 2.47. The van der Waals surface area contributed by atoms with Crippen molar-refractivity contribution < 1.29 is 9.53 Å². The number of hydrogen-bond acceptors (Lipinski definition) is 4. The van der Waals surface area contributed by atoms with Crippen molar-refractivity contribution in [3.63, 3.8) is 0 Å². The first-order valence-electron chi connectivity index (χ1n) is 10.5. The molecule has 0 bridgehead atoms. The molecule has 31 heavy (non-hydrogen) atoms. The summed E-state index contributed by atoms with van der Waals surface area (Å²) in [6, 6.07) is 14.8. The van der Waals surface area contributed by atoms with Gasteiger partial charge in [-0.1, -0.05) is 30.3 Å². The van der Waals surface area contributed by atoms with E-state index in [-0.39, 0.29) is 30.7 Å². The summed E-state index contributed by atoms with van der Waals surface area (Å²) in [5.41, 5.74) is 10.00. The van der Waals surface area contributed by atoms with Gasteiger partial charge in [0, 0.05) is 43.7 Å². The molecule has 2 aliphatic rings. The predicted octanol–water partition coefficient (Wildman–Crippen LogP) is 3.86. The van der Waals surface area contributed by atoms with E-state index < -0.39 is 0 Å². The van der Waals surface area contributed by atoms with E-state index in [2.05, 4.69) is 43.1 Å². The number of nitrogens with zero attached hydrogens (tertiary/aromatic N) is 2. The monoisotopic (exact) mass is 465 g/mol. The molecule has 3 atom stereocenters. The summed E-state index contributed by atoms with van der Waals surface area (Å²) in [6.07, 6.45) is 0. The Balaban J connectivity index is 0.00000171. The largest absolute Gasteiger partial charge is 0.492 e. The number of hydrogen-bond donors (Lipinski definition) is 1. The molecule has 2 aromatic rings. The maximum Gasteiger partial charge on any atom is 0.254 e. The molecular weight excluding hydrogens is 433 g/mol. The lowest BCUT2D eigenvalue weighted by molar-refractivity contribution is 0.0767. The average molecular weight is 466 g/mol. The predicted molar refractivity (Wildman–Crippen MR) is 130 cm³/mol. The Morgan fingerprint density at radius 2 is 1.81 bits per heavy atom. The average Bonchev–Trinajstić information content (AvgIpc) is 3.24. The Labute approximate surface area is 197 Å². The molecule has 0 spiro atoms. The van der Waals surface area contributed by atoms with Crippen molar-refractivity contribution in [3.05, 3.63) is 64.7 Å². The number of carbonyl (C=O) groups is 1. The number of fused-ring (bicyclic) bond motifs is 1. The fraction of sp³-hybridized carbons (Fsp3) is 0.458. The zero-order valence-corrected chi connectivity index (χ0v) is 20.0. The van der Waals surface area contributed by atoms with Crippen LogP contribution in [-0.4, -0.2) is 55.5 Å². The van der Waals surface area contributed by atoms with Gasteiger partial charge in [-0.3, -0.25) is 9.69 Å². The van der Waals surface area contributed by atoms with Crippen LogP contribution in [0.25, 0.3) is 0 Å². The Morgan fingerprint density at radius 3 is 2.52 bits per heavy atom. The lowest BCUT2D eigenvalue weighted by atomic mass is 9.88. The molecular formula is C24H33Cl2N3O2. The van der Waals surface area contributed by atoms with Crippen LogP contribution in [0.4, 0.5) is 0 Å². The van der Waals surface area contributed by atoms with E-state index in [0.717, 1.165) is 30.9 Å². The van der Waals surface area contributed by atoms with Crippen molar-refractivity contribution in [2.24, 2.45) is 17.6 Å². The summed E-state index contributed by atoms with van der Waals surface area (Å²) >= 11 is 0. The van der Waals surface area contributed by atoms with Crippen molar-refractivity contribution in [2.45, 2.75) is 19.9 Å². The van der Waals surface area contributed by atoms with Crippen LogP contribution < -0.4 is 10.5 Å². The van der Waals surface area contributed by atoms with Gasteiger partial charge >= 0.3 is 0 Å². The van der Waals surface area contributed by atoms with E-state index in [9.17, 15) is 4.79 Å². The zero-order valence-electron chi connectivity index (χ0n) is 18.4. The normalized spacial score (nSPS) is 22.5. The first kappa shape index (κ1) is 25.5. The number of likely N-dealkylation sites (tertiary alicyclic amines) is 2. The molecule has 7 heteroatoms. The van der Waals surface area contributed by atoms with Crippen LogP contribution in [0.2, 0.25) is 0 Å². The number of rotatable bonds is 5. The van der Waals surface area contributed by atoms with E-state index in [4.69, 9.17) is 10.5 Å². The number of carbonyl (C=O) groups excluding carboxylic acids is 1. The Kier molecular flexibility index (Phi) is 8.78. The van der Waals surface area contributed by atoms with Gasteiger partial charge in [0.05, 0.1) is 0 Å². The highest BCUT2D eigenvalue weighted by Crippen LogP contribution is 2.45. The minimum atomic E-state index is 0. The molecule has 4 rings (SSSR count). The topological polar surface area (TPSA) is 58.8 Å².